The number of ether oxygens (including phenoxy) is 2. The minimum absolute atomic E-state index is 0.100. The molecule has 2 N–H and O–H groups in total. The molecular formula is C19H24O8. The molecule has 148 valence electrons. The smallest absolute Gasteiger partial charge is 0.338 e. The number of carboxylic acids is 2. The summed E-state index contributed by atoms with van der Waals surface area (Å²) < 4.78 is 9.66. The monoisotopic (exact) mass is 380 g/mol. The van der Waals surface area contributed by atoms with Crippen molar-refractivity contribution in [2.24, 2.45) is 0 Å². The molecular weight excluding hydrogens is 356 g/mol. The molecule has 2 aliphatic rings. The van der Waals surface area contributed by atoms with E-state index in [-0.39, 0.29) is 26.1 Å². The Balaban J connectivity index is 0.000000271. The molecule has 0 atom stereocenters. The summed E-state index contributed by atoms with van der Waals surface area (Å²) >= 11 is 0. The van der Waals surface area contributed by atoms with Gasteiger partial charge in [-0.1, -0.05) is 19.3 Å². The first-order chi connectivity index (χ1) is 12.9. The maximum Gasteiger partial charge on any atom is 0.338 e. The van der Waals surface area contributed by atoms with E-state index < -0.39 is 23.9 Å². The van der Waals surface area contributed by atoms with Crippen molar-refractivity contribution < 1.29 is 38.9 Å². The third-order valence-corrected chi connectivity index (χ3v) is 3.69. The minimum atomic E-state index is -0.759. The molecule has 0 unspecified atom stereocenters. The first kappa shape index (κ1) is 22.1. The largest absolute Gasteiger partial charge is 0.481 e. The van der Waals surface area contributed by atoms with Crippen LogP contribution in [0.5, 0.6) is 0 Å². The predicted octanol–water partition coefficient (Wildman–Crippen LogP) is 2.90. The van der Waals surface area contributed by atoms with Crippen LogP contribution in [0.4, 0.5) is 0 Å². The second kappa shape index (κ2) is 12.5. The van der Waals surface area contributed by atoms with Crippen LogP contribution in [0.2, 0.25) is 0 Å². The molecule has 2 bridgehead atoms. The lowest BCUT2D eigenvalue weighted by Crippen LogP contribution is -2.16. The normalized spacial score (nSPS) is 13.0. The maximum atomic E-state index is 11.3. The molecule has 1 aromatic rings. The SMILES string of the molecule is O=C(O)CCCCCCCC(=O)O.O=C1OCCOC(=O)c2ccc1cc2. The van der Waals surface area contributed by atoms with Crippen LogP contribution < -0.4 is 0 Å². The highest BCUT2D eigenvalue weighted by Crippen LogP contribution is 2.09. The Bertz CT molecular complexity index is 581. The number of carbonyl (C=O) groups excluding carboxylic acids is 2. The van der Waals surface area contributed by atoms with Crippen LogP contribution in [0.3, 0.4) is 0 Å². The molecule has 2 heterocycles. The summed E-state index contributed by atoms with van der Waals surface area (Å²) in [6.07, 6.45) is 4.53. The summed E-state index contributed by atoms with van der Waals surface area (Å²) in [5, 5.41) is 16.6. The number of hydrogen-bond donors (Lipinski definition) is 2. The van der Waals surface area contributed by atoms with E-state index >= 15 is 0 Å². The van der Waals surface area contributed by atoms with Gasteiger partial charge in [-0.2, -0.15) is 0 Å². The Hall–Kier alpha value is -2.90. The predicted molar refractivity (Wildman–Crippen MR) is 94.6 cm³/mol. The van der Waals surface area contributed by atoms with Gasteiger partial charge in [0.2, 0.25) is 0 Å². The van der Waals surface area contributed by atoms with Crippen molar-refractivity contribution in [3.05, 3.63) is 35.4 Å². The summed E-state index contributed by atoms with van der Waals surface area (Å²) in [4.78, 5) is 42.7. The molecule has 0 aromatic heterocycles. The molecule has 27 heavy (non-hydrogen) atoms. The molecule has 0 amide bonds. The molecule has 8 heteroatoms. The lowest BCUT2D eigenvalue weighted by molar-refractivity contribution is -0.138. The molecule has 0 saturated carbocycles. The molecule has 0 saturated heterocycles. The Morgan fingerprint density at radius 3 is 1.37 bits per heavy atom. The number of aliphatic carboxylic acids is 2. The Kier molecular flexibility index (Phi) is 10.2. The fraction of sp³-hybridized carbons (Fsp3) is 0.474. The van der Waals surface area contributed by atoms with Crippen molar-refractivity contribution >= 4 is 23.9 Å². The van der Waals surface area contributed by atoms with Crippen LogP contribution in [-0.4, -0.2) is 47.3 Å². The zero-order chi connectivity index (χ0) is 20.1. The summed E-state index contributed by atoms with van der Waals surface area (Å²) in [5.41, 5.74) is 0.895. The standard InChI is InChI=1S/C10H8O4.C9H16O4/c11-9-7-1-2-8(4-3-7)10(12)14-6-5-13-9;10-8(11)6-4-2-1-3-5-7-9(12)13/h1-4H,5-6H2;1-7H2,(H,10,11)(H,12,13). The molecule has 3 rings (SSSR count). The highest BCUT2D eigenvalue weighted by Gasteiger charge is 2.13. The molecule has 1 aromatic carbocycles. The van der Waals surface area contributed by atoms with Gasteiger partial charge in [-0.05, 0) is 37.1 Å². The number of carbonyl (C=O) groups is 4. The number of benzene rings is 1. The average Bonchev–Trinajstić information content (AvgIpc) is 2.64. The van der Waals surface area contributed by atoms with Gasteiger partial charge in [0.25, 0.3) is 0 Å². The third kappa shape index (κ3) is 9.98. The van der Waals surface area contributed by atoms with E-state index in [2.05, 4.69) is 0 Å². The van der Waals surface area contributed by atoms with Crippen molar-refractivity contribution in [2.45, 2.75) is 44.9 Å². The number of rotatable bonds is 8. The molecule has 0 fully saturated rings. The van der Waals surface area contributed by atoms with Gasteiger partial charge in [0.15, 0.2) is 0 Å². The van der Waals surface area contributed by atoms with Gasteiger partial charge in [0.1, 0.15) is 13.2 Å². The minimum Gasteiger partial charge on any atom is -0.481 e. The fourth-order valence-corrected chi connectivity index (χ4v) is 2.26. The van der Waals surface area contributed by atoms with E-state index in [9.17, 15) is 19.2 Å². The van der Waals surface area contributed by atoms with Crippen LogP contribution in [0, 0.1) is 0 Å². The van der Waals surface area contributed by atoms with E-state index in [1.54, 1.807) is 24.3 Å². The number of fused-ring (bicyclic) bond motifs is 7. The van der Waals surface area contributed by atoms with E-state index in [1.165, 1.54) is 0 Å². The second-order valence-electron chi connectivity index (χ2n) is 5.90. The molecule has 0 aliphatic carbocycles. The van der Waals surface area contributed by atoms with Crippen LogP contribution >= 0.6 is 0 Å². The van der Waals surface area contributed by atoms with Gasteiger partial charge < -0.3 is 19.7 Å². The maximum absolute atomic E-state index is 11.3. The van der Waals surface area contributed by atoms with Crippen LogP contribution in [-0.2, 0) is 19.1 Å². The third-order valence-electron chi connectivity index (χ3n) is 3.69. The summed E-state index contributed by atoms with van der Waals surface area (Å²) in [7, 11) is 0. The van der Waals surface area contributed by atoms with E-state index in [1.807, 2.05) is 0 Å². The molecule has 0 spiro atoms. The summed E-state index contributed by atoms with van der Waals surface area (Å²) in [6.45, 7) is 0.200. The Morgan fingerprint density at radius 2 is 1.04 bits per heavy atom. The highest BCUT2D eigenvalue weighted by molar-refractivity contribution is 5.93. The Labute approximate surface area is 157 Å². The average molecular weight is 380 g/mol. The van der Waals surface area contributed by atoms with Crippen molar-refractivity contribution in [2.75, 3.05) is 13.2 Å². The van der Waals surface area contributed by atoms with Gasteiger partial charge in [-0.15, -0.1) is 0 Å². The summed E-state index contributed by atoms with van der Waals surface area (Å²) in [5.74, 6) is -2.31. The quantitative estimate of drug-likeness (QED) is 0.520. The van der Waals surface area contributed by atoms with E-state index in [0.29, 0.717) is 24.0 Å². The van der Waals surface area contributed by atoms with Crippen molar-refractivity contribution in [1.29, 1.82) is 0 Å². The number of hydrogen-bond acceptors (Lipinski definition) is 6. The topological polar surface area (TPSA) is 127 Å². The summed E-state index contributed by atoms with van der Waals surface area (Å²) in [6, 6.07) is 6.18. The Morgan fingerprint density at radius 1 is 0.704 bits per heavy atom. The molecule has 0 radical (unpaired) electrons. The van der Waals surface area contributed by atoms with Crippen LogP contribution in [0.25, 0.3) is 0 Å². The second-order valence-corrected chi connectivity index (χ2v) is 5.90. The van der Waals surface area contributed by atoms with Gasteiger partial charge in [0.05, 0.1) is 11.1 Å². The van der Waals surface area contributed by atoms with Gasteiger partial charge in [-0.3, -0.25) is 9.59 Å². The van der Waals surface area contributed by atoms with Crippen molar-refractivity contribution in [3.8, 4) is 0 Å². The van der Waals surface area contributed by atoms with Gasteiger partial charge >= 0.3 is 23.9 Å². The number of unbranched alkanes of at least 4 members (excludes halogenated alkanes) is 4. The zero-order valence-electron chi connectivity index (χ0n) is 15.0. The molecule has 2 aliphatic heterocycles. The van der Waals surface area contributed by atoms with Gasteiger partial charge in [0, 0.05) is 12.8 Å². The van der Waals surface area contributed by atoms with Crippen LogP contribution in [0.15, 0.2) is 24.3 Å². The van der Waals surface area contributed by atoms with E-state index in [0.717, 1.165) is 19.3 Å². The number of esters is 2. The lowest BCUT2D eigenvalue weighted by Gasteiger charge is -2.09. The van der Waals surface area contributed by atoms with E-state index in [4.69, 9.17) is 19.7 Å². The first-order valence-electron chi connectivity index (χ1n) is 8.78. The highest BCUT2D eigenvalue weighted by atomic mass is 16.6. The lowest BCUT2D eigenvalue weighted by atomic mass is 10.1. The first-order valence-corrected chi connectivity index (χ1v) is 8.78. The molecule has 8 nitrogen and oxygen atoms in total. The zero-order valence-corrected chi connectivity index (χ0v) is 15.0. The fourth-order valence-electron chi connectivity index (χ4n) is 2.26. The number of carboxylic acid groups (broad SMARTS) is 2. The van der Waals surface area contributed by atoms with Crippen molar-refractivity contribution in [3.63, 3.8) is 0 Å². The van der Waals surface area contributed by atoms with Crippen LogP contribution in [0.1, 0.15) is 65.7 Å². The van der Waals surface area contributed by atoms with Gasteiger partial charge in [-0.25, -0.2) is 9.59 Å². The van der Waals surface area contributed by atoms with Crippen molar-refractivity contribution in [1.82, 2.24) is 0 Å².